The number of rotatable bonds is 3. The number of ether oxygens (including phenoxy) is 2. The van der Waals surface area contributed by atoms with Crippen molar-refractivity contribution in [2.75, 3.05) is 6.79 Å². The van der Waals surface area contributed by atoms with Crippen molar-refractivity contribution in [3.63, 3.8) is 0 Å². The number of halogens is 1. The molecule has 0 saturated carbocycles. The molecule has 3 aromatic rings. The van der Waals surface area contributed by atoms with Crippen LogP contribution in [0.3, 0.4) is 0 Å². The molecule has 116 valence electrons. The standard InChI is InChI=1S/C15H12FN5O2/c16-9-4-10-12(14(17)18)20-21(15(10)19-5-9)6-8-2-1-3-11-13(8)23-7-22-11/h1-5H,6-7H2,(H3,17,18). The molecule has 0 spiro atoms. The predicted molar refractivity (Wildman–Crippen MR) is 80.2 cm³/mol. The normalized spacial score (nSPS) is 12.7. The zero-order valence-corrected chi connectivity index (χ0v) is 11.9. The molecule has 0 aliphatic carbocycles. The quantitative estimate of drug-likeness (QED) is 0.565. The average Bonchev–Trinajstić information content (AvgIpc) is 3.12. The van der Waals surface area contributed by atoms with Crippen LogP contribution in [0.4, 0.5) is 4.39 Å². The highest BCUT2D eigenvalue weighted by Gasteiger charge is 2.20. The van der Waals surface area contributed by atoms with Crippen molar-refractivity contribution in [3.8, 4) is 11.5 Å². The predicted octanol–water partition coefficient (Wildman–Crippen LogP) is 1.63. The number of benzene rings is 1. The molecule has 0 atom stereocenters. The van der Waals surface area contributed by atoms with E-state index in [9.17, 15) is 4.39 Å². The SMILES string of the molecule is N=C(N)c1nn(Cc2cccc3c2OCO3)c2ncc(F)cc12. The molecular formula is C15H12FN5O2. The van der Waals surface area contributed by atoms with Crippen molar-refractivity contribution in [3.05, 3.63) is 47.5 Å². The van der Waals surface area contributed by atoms with Gasteiger partial charge in [-0.05, 0) is 12.1 Å². The Hall–Kier alpha value is -3.16. The molecule has 23 heavy (non-hydrogen) atoms. The number of hydrogen-bond acceptors (Lipinski definition) is 5. The lowest BCUT2D eigenvalue weighted by Gasteiger charge is -2.06. The van der Waals surface area contributed by atoms with Gasteiger partial charge in [-0.25, -0.2) is 14.1 Å². The lowest BCUT2D eigenvalue weighted by molar-refractivity contribution is 0.173. The number of amidine groups is 1. The fourth-order valence-corrected chi connectivity index (χ4v) is 2.62. The van der Waals surface area contributed by atoms with E-state index in [1.165, 1.54) is 6.07 Å². The van der Waals surface area contributed by atoms with Crippen LogP contribution in [0.1, 0.15) is 11.3 Å². The zero-order valence-electron chi connectivity index (χ0n) is 11.9. The number of nitrogen functional groups attached to an aromatic ring is 1. The summed E-state index contributed by atoms with van der Waals surface area (Å²) in [4.78, 5) is 4.07. The lowest BCUT2D eigenvalue weighted by Crippen LogP contribution is -2.13. The first-order chi connectivity index (χ1) is 11.1. The van der Waals surface area contributed by atoms with Crippen LogP contribution in [0.25, 0.3) is 11.0 Å². The van der Waals surface area contributed by atoms with E-state index in [1.807, 2.05) is 18.2 Å². The molecule has 4 rings (SSSR count). The van der Waals surface area contributed by atoms with Crippen molar-refractivity contribution in [2.45, 2.75) is 6.54 Å². The molecule has 8 heteroatoms. The van der Waals surface area contributed by atoms with Gasteiger partial charge in [0.1, 0.15) is 17.3 Å². The first kappa shape index (κ1) is 13.5. The van der Waals surface area contributed by atoms with Crippen molar-refractivity contribution in [1.82, 2.24) is 14.8 Å². The van der Waals surface area contributed by atoms with Crippen LogP contribution < -0.4 is 15.2 Å². The third-order valence-corrected chi connectivity index (χ3v) is 3.61. The summed E-state index contributed by atoms with van der Waals surface area (Å²) in [7, 11) is 0. The molecule has 1 aromatic carbocycles. The summed E-state index contributed by atoms with van der Waals surface area (Å²) in [5.74, 6) is 0.586. The third-order valence-electron chi connectivity index (χ3n) is 3.61. The van der Waals surface area contributed by atoms with Crippen LogP contribution >= 0.6 is 0 Å². The fraction of sp³-hybridized carbons (Fsp3) is 0.133. The summed E-state index contributed by atoms with van der Waals surface area (Å²) in [5, 5.41) is 12.3. The molecule has 0 bridgehead atoms. The highest BCUT2D eigenvalue weighted by Crippen LogP contribution is 2.36. The van der Waals surface area contributed by atoms with E-state index < -0.39 is 5.82 Å². The number of aromatic nitrogens is 3. The molecule has 0 saturated heterocycles. The first-order valence-electron chi connectivity index (χ1n) is 6.87. The van der Waals surface area contributed by atoms with E-state index >= 15 is 0 Å². The van der Waals surface area contributed by atoms with E-state index in [2.05, 4.69) is 10.1 Å². The molecule has 0 amide bonds. The molecule has 1 aliphatic heterocycles. The Kier molecular flexibility index (Phi) is 2.90. The maximum atomic E-state index is 13.4. The largest absolute Gasteiger partial charge is 0.454 e. The molecule has 0 unspecified atom stereocenters. The average molecular weight is 313 g/mol. The number of nitrogens with zero attached hydrogens (tertiary/aromatic N) is 3. The summed E-state index contributed by atoms with van der Waals surface area (Å²) >= 11 is 0. The van der Waals surface area contributed by atoms with Gasteiger partial charge in [-0.15, -0.1) is 0 Å². The van der Waals surface area contributed by atoms with Gasteiger partial charge >= 0.3 is 0 Å². The van der Waals surface area contributed by atoms with Crippen LogP contribution in [0, 0.1) is 11.2 Å². The number of fused-ring (bicyclic) bond motifs is 2. The van der Waals surface area contributed by atoms with Gasteiger partial charge in [0.15, 0.2) is 17.1 Å². The van der Waals surface area contributed by atoms with Crippen LogP contribution in [-0.4, -0.2) is 27.4 Å². The maximum absolute atomic E-state index is 13.4. The van der Waals surface area contributed by atoms with Crippen molar-refractivity contribution < 1.29 is 13.9 Å². The minimum atomic E-state index is -0.503. The Morgan fingerprint density at radius 1 is 1.39 bits per heavy atom. The number of para-hydroxylation sites is 1. The van der Waals surface area contributed by atoms with E-state index in [0.29, 0.717) is 29.1 Å². The van der Waals surface area contributed by atoms with Crippen LogP contribution in [0.2, 0.25) is 0 Å². The second-order valence-corrected chi connectivity index (χ2v) is 5.10. The summed E-state index contributed by atoms with van der Waals surface area (Å²) in [6.45, 7) is 0.517. The first-order valence-corrected chi connectivity index (χ1v) is 6.87. The Balaban J connectivity index is 1.84. The van der Waals surface area contributed by atoms with Gasteiger partial charge in [0.05, 0.1) is 18.1 Å². The molecule has 0 fully saturated rings. The Morgan fingerprint density at radius 3 is 3.09 bits per heavy atom. The van der Waals surface area contributed by atoms with Gasteiger partial charge in [-0.2, -0.15) is 5.10 Å². The monoisotopic (exact) mass is 313 g/mol. The van der Waals surface area contributed by atoms with Gasteiger partial charge < -0.3 is 15.2 Å². The Morgan fingerprint density at radius 2 is 2.26 bits per heavy atom. The summed E-state index contributed by atoms with van der Waals surface area (Å²) in [5.41, 5.74) is 7.05. The zero-order chi connectivity index (χ0) is 16.0. The van der Waals surface area contributed by atoms with E-state index in [1.54, 1.807) is 4.68 Å². The summed E-state index contributed by atoms with van der Waals surface area (Å²) in [6.07, 6.45) is 1.11. The molecule has 2 aromatic heterocycles. The Bertz CT molecular complexity index is 937. The van der Waals surface area contributed by atoms with Crippen molar-refractivity contribution >= 4 is 16.9 Å². The third kappa shape index (κ3) is 2.15. The molecule has 7 nitrogen and oxygen atoms in total. The maximum Gasteiger partial charge on any atom is 0.231 e. The van der Waals surface area contributed by atoms with Gasteiger partial charge in [-0.3, -0.25) is 5.41 Å². The minimum Gasteiger partial charge on any atom is -0.454 e. The smallest absolute Gasteiger partial charge is 0.231 e. The molecule has 3 heterocycles. The van der Waals surface area contributed by atoms with Gasteiger partial charge in [0, 0.05) is 5.56 Å². The molecule has 3 N–H and O–H groups in total. The van der Waals surface area contributed by atoms with Crippen LogP contribution in [-0.2, 0) is 6.54 Å². The summed E-state index contributed by atoms with van der Waals surface area (Å²) < 4.78 is 25.8. The van der Waals surface area contributed by atoms with Crippen LogP contribution in [0.5, 0.6) is 11.5 Å². The second kappa shape index (κ2) is 4.94. The lowest BCUT2D eigenvalue weighted by atomic mass is 10.2. The number of nitrogens with two attached hydrogens (primary N) is 1. The van der Waals surface area contributed by atoms with Crippen LogP contribution in [0.15, 0.2) is 30.5 Å². The Labute approximate surface area is 130 Å². The second-order valence-electron chi connectivity index (χ2n) is 5.10. The molecule has 1 aliphatic rings. The number of hydrogen-bond donors (Lipinski definition) is 2. The number of pyridine rings is 1. The molecule has 0 radical (unpaired) electrons. The fourth-order valence-electron chi connectivity index (χ4n) is 2.62. The van der Waals surface area contributed by atoms with E-state index in [-0.39, 0.29) is 18.3 Å². The highest BCUT2D eigenvalue weighted by molar-refractivity contribution is 6.04. The highest BCUT2D eigenvalue weighted by atomic mass is 19.1. The topological polar surface area (TPSA) is 99.0 Å². The molecular weight excluding hydrogens is 301 g/mol. The van der Waals surface area contributed by atoms with Crippen molar-refractivity contribution in [2.24, 2.45) is 5.73 Å². The van der Waals surface area contributed by atoms with Gasteiger partial charge in [-0.1, -0.05) is 12.1 Å². The van der Waals surface area contributed by atoms with E-state index in [0.717, 1.165) is 11.8 Å². The van der Waals surface area contributed by atoms with Crippen molar-refractivity contribution in [1.29, 1.82) is 5.41 Å². The summed E-state index contributed by atoms with van der Waals surface area (Å²) in [6, 6.07) is 6.84. The number of nitrogens with one attached hydrogen (secondary N) is 1. The van der Waals surface area contributed by atoms with E-state index in [4.69, 9.17) is 20.6 Å². The van der Waals surface area contributed by atoms with Gasteiger partial charge in [0.2, 0.25) is 6.79 Å². The van der Waals surface area contributed by atoms with Gasteiger partial charge in [0.25, 0.3) is 0 Å². The minimum absolute atomic E-state index is 0.175.